The van der Waals surface area contributed by atoms with E-state index in [9.17, 15) is 19.4 Å². The first kappa shape index (κ1) is 57.7. The van der Waals surface area contributed by atoms with E-state index in [1.807, 2.05) is 27.2 Å². The van der Waals surface area contributed by atoms with Gasteiger partial charge in [-0.25, -0.2) is 0 Å². The minimum Gasteiger partial charge on any atom is -0.756 e. The van der Waals surface area contributed by atoms with Crippen molar-refractivity contribution in [3.63, 3.8) is 0 Å². The molecule has 0 radical (unpaired) electrons. The third kappa shape index (κ3) is 43.8. The third-order valence-electron chi connectivity index (χ3n) is 10.1. The highest BCUT2D eigenvalue weighted by atomic mass is 31.2. The minimum atomic E-state index is -4.62. The molecule has 0 aliphatic carbocycles. The van der Waals surface area contributed by atoms with Crippen molar-refractivity contribution in [2.75, 3.05) is 40.9 Å². The van der Waals surface area contributed by atoms with Gasteiger partial charge in [0.2, 0.25) is 5.91 Å². The van der Waals surface area contributed by atoms with Crippen LogP contribution < -0.4 is 10.2 Å². The fourth-order valence-corrected chi connectivity index (χ4v) is 7.04. The number of phosphoric ester groups is 1. The Morgan fingerprint density at radius 3 is 1.55 bits per heavy atom. The van der Waals surface area contributed by atoms with Crippen LogP contribution in [0.2, 0.25) is 0 Å². The number of hydrogen-bond donors (Lipinski definition) is 2. The summed E-state index contributed by atoms with van der Waals surface area (Å²) in [6.45, 7) is 4.46. The van der Waals surface area contributed by atoms with Gasteiger partial charge in [-0.15, -0.1) is 0 Å². The molecule has 0 aliphatic heterocycles. The lowest BCUT2D eigenvalue weighted by Crippen LogP contribution is -2.45. The van der Waals surface area contributed by atoms with E-state index in [0.29, 0.717) is 17.4 Å². The molecule has 0 aromatic carbocycles. The Morgan fingerprint density at radius 1 is 0.600 bits per heavy atom. The van der Waals surface area contributed by atoms with Crippen molar-refractivity contribution in [2.24, 2.45) is 0 Å². The Hall–Kier alpha value is -2.32. The molecule has 0 fully saturated rings. The van der Waals surface area contributed by atoms with Gasteiger partial charge in [-0.3, -0.25) is 9.36 Å². The molecule has 3 unspecified atom stereocenters. The van der Waals surface area contributed by atoms with Gasteiger partial charge in [0.15, 0.2) is 0 Å². The van der Waals surface area contributed by atoms with Crippen LogP contribution in [0.25, 0.3) is 0 Å². The largest absolute Gasteiger partial charge is 0.756 e. The molecule has 0 aliphatic rings. The van der Waals surface area contributed by atoms with Crippen molar-refractivity contribution >= 4 is 13.7 Å². The normalized spacial score (nSPS) is 15.0. The average Bonchev–Trinajstić information content (AvgIpc) is 3.20. The second-order valence-electron chi connectivity index (χ2n) is 17.1. The van der Waals surface area contributed by atoms with Crippen LogP contribution in [0.4, 0.5) is 0 Å². The Morgan fingerprint density at radius 2 is 1.03 bits per heavy atom. The predicted octanol–water partition coefficient (Wildman–Crippen LogP) is 13.1. The summed E-state index contributed by atoms with van der Waals surface area (Å²) in [6, 6.07) is -0.938. The van der Waals surface area contributed by atoms with Crippen LogP contribution in [-0.4, -0.2) is 68.5 Å². The number of phosphoric acid groups is 1. The van der Waals surface area contributed by atoms with E-state index in [2.05, 4.69) is 92.1 Å². The summed E-state index contributed by atoms with van der Waals surface area (Å²) in [4.78, 5) is 25.3. The van der Waals surface area contributed by atoms with Crippen LogP contribution in [0.1, 0.15) is 181 Å². The Balaban J connectivity index is 4.52. The van der Waals surface area contributed by atoms with E-state index in [-0.39, 0.29) is 18.9 Å². The summed E-state index contributed by atoms with van der Waals surface area (Å²) < 4.78 is 23.2. The van der Waals surface area contributed by atoms with E-state index in [0.717, 1.165) is 57.8 Å². The fourth-order valence-electron chi connectivity index (χ4n) is 6.32. The number of hydrogen-bond acceptors (Lipinski definition) is 6. The van der Waals surface area contributed by atoms with Crippen molar-refractivity contribution in [3.8, 4) is 0 Å². The van der Waals surface area contributed by atoms with E-state index in [1.165, 1.54) is 96.3 Å². The highest BCUT2D eigenvalue weighted by Gasteiger charge is 2.23. The molecule has 8 nitrogen and oxygen atoms in total. The topological polar surface area (TPSA) is 108 Å². The molecule has 2 N–H and O–H groups in total. The summed E-state index contributed by atoms with van der Waals surface area (Å²) in [5, 5.41) is 13.7. The van der Waals surface area contributed by atoms with Crippen LogP contribution in [0.5, 0.6) is 0 Å². The van der Waals surface area contributed by atoms with E-state index in [4.69, 9.17) is 9.05 Å². The maximum Gasteiger partial charge on any atom is 0.268 e. The number of allylic oxidation sites excluding steroid dienone is 13. The molecule has 0 saturated heterocycles. The average molecular weight is 859 g/mol. The monoisotopic (exact) mass is 859 g/mol. The van der Waals surface area contributed by atoms with Gasteiger partial charge >= 0.3 is 0 Å². The molecular formula is C51H91N2O6P. The lowest BCUT2D eigenvalue weighted by atomic mass is 10.0. The molecule has 3 atom stereocenters. The quantitative estimate of drug-likeness (QED) is 0.0274. The third-order valence-corrected chi connectivity index (χ3v) is 11.1. The molecule has 60 heavy (non-hydrogen) atoms. The summed E-state index contributed by atoms with van der Waals surface area (Å²) >= 11 is 0. The van der Waals surface area contributed by atoms with Crippen molar-refractivity contribution in [1.82, 2.24) is 5.32 Å². The van der Waals surface area contributed by atoms with Gasteiger partial charge in [-0.05, 0) is 70.6 Å². The summed E-state index contributed by atoms with van der Waals surface area (Å²) in [7, 11) is 1.19. The Kier molecular flexibility index (Phi) is 40.4. The van der Waals surface area contributed by atoms with Gasteiger partial charge in [-0.2, -0.15) is 0 Å². The first-order valence-electron chi connectivity index (χ1n) is 23.9. The molecule has 9 heteroatoms. The molecule has 0 rings (SSSR count). The van der Waals surface area contributed by atoms with Crippen LogP contribution in [0.15, 0.2) is 85.1 Å². The number of aliphatic hydroxyl groups excluding tert-OH is 1. The number of amides is 1. The van der Waals surface area contributed by atoms with Crippen molar-refractivity contribution in [1.29, 1.82) is 0 Å². The van der Waals surface area contributed by atoms with Crippen LogP contribution in [-0.2, 0) is 18.4 Å². The summed E-state index contributed by atoms with van der Waals surface area (Å²) in [5.41, 5.74) is 0. The number of unbranched alkanes of at least 4 members (excludes halogenated alkanes) is 17. The number of carbonyl (C=O) groups is 1. The minimum absolute atomic E-state index is 0.0213. The molecule has 0 spiro atoms. The van der Waals surface area contributed by atoms with Gasteiger partial charge in [0, 0.05) is 6.42 Å². The smallest absolute Gasteiger partial charge is 0.268 e. The first-order chi connectivity index (χ1) is 29.0. The van der Waals surface area contributed by atoms with Gasteiger partial charge in [0.1, 0.15) is 13.2 Å². The molecule has 0 saturated carbocycles. The highest BCUT2D eigenvalue weighted by Crippen LogP contribution is 2.38. The van der Waals surface area contributed by atoms with Crippen molar-refractivity contribution < 1.29 is 32.9 Å². The molecule has 0 bridgehead atoms. The highest BCUT2D eigenvalue weighted by molar-refractivity contribution is 7.45. The zero-order valence-corrected chi connectivity index (χ0v) is 40.0. The van der Waals surface area contributed by atoms with Crippen LogP contribution in [0, 0.1) is 0 Å². The van der Waals surface area contributed by atoms with E-state index >= 15 is 0 Å². The second kappa shape index (κ2) is 42.0. The van der Waals surface area contributed by atoms with E-state index < -0.39 is 26.6 Å². The van der Waals surface area contributed by atoms with Crippen molar-refractivity contribution in [2.45, 2.75) is 193 Å². The maximum atomic E-state index is 12.8. The molecule has 1 amide bonds. The zero-order valence-electron chi connectivity index (χ0n) is 39.1. The number of quaternary nitrogens is 1. The van der Waals surface area contributed by atoms with Crippen molar-refractivity contribution in [3.05, 3.63) is 85.1 Å². The number of nitrogens with one attached hydrogen (secondary N) is 1. The number of carbonyl (C=O) groups excluding carboxylic acids is 1. The molecular weight excluding hydrogens is 768 g/mol. The second-order valence-corrected chi connectivity index (χ2v) is 18.5. The lowest BCUT2D eigenvalue weighted by molar-refractivity contribution is -0.870. The Bertz CT molecular complexity index is 1250. The van der Waals surface area contributed by atoms with Gasteiger partial charge in [0.05, 0.1) is 39.9 Å². The molecule has 346 valence electrons. The maximum absolute atomic E-state index is 12.8. The molecule has 0 heterocycles. The number of likely N-dealkylation sites (N-methyl/N-ethyl adjacent to an activating group) is 1. The fraction of sp³-hybridized carbons (Fsp3) is 0.706. The summed E-state index contributed by atoms with van der Waals surface area (Å²) in [5.74, 6) is -0.267. The number of aliphatic hydroxyl groups is 1. The van der Waals surface area contributed by atoms with Crippen LogP contribution in [0.3, 0.4) is 0 Å². The summed E-state index contributed by atoms with van der Waals surface area (Å²) in [6.07, 6.45) is 57.9. The van der Waals surface area contributed by atoms with Gasteiger partial charge in [-0.1, -0.05) is 189 Å². The number of nitrogens with zero attached hydrogens (tertiary/aromatic N) is 1. The lowest BCUT2D eigenvalue weighted by Gasteiger charge is -2.29. The van der Waals surface area contributed by atoms with Gasteiger partial charge < -0.3 is 28.8 Å². The van der Waals surface area contributed by atoms with E-state index in [1.54, 1.807) is 6.08 Å². The standard InChI is InChI=1S/C51H91N2O6P/c1-6-8-10-12-14-16-18-20-22-24-25-26-27-29-30-32-34-36-38-40-42-44-50(54)49(48-59-60(56,57)58-47-46-53(3,4)5)52-51(55)45-43-41-39-37-35-33-31-28-23-21-19-17-15-13-11-9-7-2/h9,11,15,17,21,23,31,33-34,36-37,39,42,44,49-50,54H,6-8,10,12-14,16,18-20,22,24-30,32,35,38,40-41,43,45-48H2,1-5H3,(H-,52,55,56,57)/b11-9-,17-15-,23-21-,33-31-,36-34+,39-37-,44-42+. The zero-order chi connectivity index (χ0) is 44.3. The first-order valence-corrected chi connectivity index (χ1v) is 25.4. The predicted molar refractivity (Wildman–Crippen MR) is 256 cm³/mol. The molecule has 0 aromatic heterocycles. The molecule has 0 aromatic rings. The number of rotatable bonds is 42. The van der Waals surface area contributed by atoms with Gasteiger partial charge in [0.25, 0.3) is 7.82 Å². The van der Waals surface area contributed by atoms with Crippen LogP contribution >= 0.6 is 7.82 Å². The Labute approximate surface area is 369 Å². The SMILES string of the molecule is CC/C=C\C/C=C\C/C=C\C/C=C\C/C=C\CCCC(=O)NC(COP(=O)([O-])OCC[N+](C)(C)C)C(O)/C=C/CC/C=C/CCCCCCCCCCCCCCCCC.